The van der Waals surface area contributed by atoms with Crippen molar-refractivity contribution in [3.05, 3.63) is 62.1 Å². The lowest BCUT2D eigenvalue weighted by atomic mass is 10.2. The molecule has 0 saturated heterocycles. The first-order valence-corrected chi connectivity index (χ1v) is 7.33. The Kier molecular flexibility index (Phi) is 4.75. The van der Waals surface area contributed by atoms with Crippen molar-refractivity contribution in [2.24, 2.45) is 0 Å². The summed E-state index contributed by atoms with van der Waals surface area (Å²) in [5, 5.41) is 12.0. The lowest BCUT2D eigenvalue weighted by molar-refractivity contribution is -0.383. The molecule has 0 aliphatic heterocycles. The summed E-state index contributed by atoms with van der Waals surface area (Å²) in [4.78, 5) is 11.1. The number of nitrogen functional groups attached to an aromatic ring is 1. The first-order valence-electron chi connectivity index (χ1n) is 5.58. The van der Waals surface area contributed by atoms with Gasteiger partial charge in [-0.1, -0.05) is 35.3 Å². The Balaban J connectivity index is 2.21. The zero-order valence-electron chi connectivity index (χ0n) is 10.2. The quantitative estimate of drug-likeness (QED) is 0.379. The van der Waals surface area contributed by atoms with Gasteiger partial charge in [-0.2, -0.15) is 0 Å². The summed E-state index contributed by atoms with van der Waals surface area (Å²) in [7, 11) is 0. The topological polar surface area (TPSA) is 69.2 Å². The van der Waals surface area contributed by atoms with Crippen LogP contribution in [0.1, 0.15) is 5.56 Å². The number of nitrogens with zero attached hydrogens (tertiary/aromatic N) is 1. The van der Waals surface area contributed by atoms with Gasteiger partial charge in [0.15, 0.2) is 0 Å². The van der Waals surface area contributed by atoms with Crippen molar-refractivity contribution in [3.8, 4) is 0 Å². The van der Waals surface area contributed by atoms with E-state index in [-0.39, 0.29) is 11.4 Å². The number of nitro benzene ring substituents is 1. The van der Waals surface area contributed by atoms with Gasteiger partial charge in [-0.15, -0.1) is 11.8 Å². The van der Waals surface area contributed by atoms with E-state index < -0.39 is 4.92 Å². The van der Waals surface area contributed by atoms with Gasteiger partial charge in [0.05, 0.1) is 9.95 Å². The van der Waals surface area contributed by atoms with Crippen LogP contribution < -0.4 is 5.73 Å². The number of nitrogens with two attached hydrogens (primary N) is 1. The summed E-state index contributed by atoms with van der Waals surface area (Å²) in [6.45, 7) is 0. The third-order valence-electron chi connectivity index (χ3n) is 2.65. The summed E-state index contributed by atoms with van der Waals surface area (Å²) < 4.78 is 0. The van der Waals surface area contributed by atoms with E-state index in [0.29, 0.717) is 21.4 Å². The lowest BCUT2D eigenvalue weighted by Gasteiger charge is -2.07. The molecule has 2 aromatic rings. The molecule has 104 valence electrons. The lowest BCUT2D eigenvalue weighted by Crippen LogP contribution is -1.99. The van der Waals surface area contributed by atoms with Crippen molar-refractivity contribution in [2.75, 3.05) is 5.73 Å². The van der Waals surface area contributed by atoms with Crippen LogP contribution in [-0.2, 0) is 5.75 Å². The number of hydrogen-bond donors (Lipinski definition) is 1. The van der Waals surface area contributed by atoms with Crippen LogP contribution in [-0.4, -0.2) is 4.92 Å². The third-order valence-corrected chi connectivity index (χ3v) is 4.43. The molecule has 0 saturated carbocycles. The van der Waals surface area contributed by atoms with Crippen LogP contribution in [0.3, 0.4) is 0 Å². The van der Waals surface area contributed by atoms with E-state index in [9.17, 15) is 10.1 Å². The van der Waals surface area contributed by atoms with Crippen LogP contribution in [0.4, 0.5) is 11.4 Å². The Bertz CT molecular complexity index is 665. The number of thioether (sulfide) groups is 1. The highest BCUT2D eigenvalue weighted by atomic mass is 35.5. The molecule has 0 amide bonds. The van der Waals surface area contributed by atoms with Crippen molar-refractivity contribution < 1.29 is 4.92 Å². The van der Waals surface area contributed by atoms with Crippen LogP contribution in [0, 0.1) is 10.1 Å². The first-order chi connectivity index (χ1) is 9.49. The van der Waals surface area contributed by atoms with Gasteiger partial charge in [0.25, 0.3) is 5.69 Å². The minimum absolute atomic E-state index is 0.0831. The van der Waals surface area contributed by atoms with E-state index in [1.807, 2.05) is 0 Å². The molecule has 4 nitrogen and oxygen atoms in total. The van der Waals surface area contributed by atoms with Crippen molar-refractivity contribution >= 4 is 46.3 Å². The fourth-order valence-electron chi connectivity index (χ4n) is 1.63. The molecular weight excluding hydrogens is 319 g/mol. The van der Waals surface area contributed by atoms with Crippen LogP contribution in [0.25, 0.3) is 0 Å². The number of rotatable bonds is 4. The van der Waals surface area contributed by atoms with Crippen molar-refractivity contribution in [2.45, 2.75) is 10.6 Å². The highest BCUT2D eigenvalue weighted by Gasteiger charge is 2.14. The predicted octanol–water partition coefficient (Wildman–Crippen LogP) is 4.78. The number of anilines is 1. The molecule has 0 heterocycles. The normalized spacial score (nSPS) is 10.5. The Morgan fingerprint density at radius 2 is 2.00 bits per heavy atom. The molecule has 0 atom stereocenters. The fourth-order valence-corrected chi connectivity index (χ4v) is 3.12. The van der Waals surface area contributed by atoms with Crippen molar-refractivity contribution in [3.63, 3.8) is 0 Å². The molecule has 0 aliphatic carbocycles. The maximum Gasteiger partial charge on any atom is 0.292 e. The Hall–Kier alpha value is -1.43. The van der Waals surface area contributed by atoms with Gasteiger partial charge in [0.1, 0.15) is 5.69 Å². The molecule has 2 aromatic carbocycles. The summed E-state index contributed by atoms with van der Waals surface area (Å²) in [5.74, 6) is 0.480. The highest BCUT2D eigenvalue weighted by Crippen LogP contribution is 2.34. The smallest absolute Gasteiger partial charge is 0.292 e. The van der Waals surface area contributed by atoms with Gasteiger partial charge >= 0.3 is 0 Å². The molecule has 0 unspecified atom stereocenters. The molecule has 7 heteroatoms. The molecule has 0 spiro atoms. The predicted molar refractivity (Wildman–Crippen MR) is 83.5 cm³/mol. The van der Waals surface area contributed by atoms with Gasteiger partial charge in [0, 0.05) is 21.7 Å². The first kappa shape index (κ1) is 15.0. The molecule has 2 N–H and O–H groups in total. The van der Waals surface area contributed by atoms with E-state index in [2.05, 4.69) is 0 Å². The van der Waals surface area contributed by atoms with E-state index in [1.165, 1.54) is 17.8 Å². The van der Waals surface area contributed by atoms with Gasteiger partial charge < -0.3 is 5.73 Å². The number of hydrogen-bond acceptors (Lipinski definition) is 4. The zero-order valence-corrected chi connectivity index (χ0v) is 12.5. The van der Waals surface area contributed by atoms with Crippen molar-refractivity contribution in [1.82, 2.24) is 0 Å². The summed E-state index contributed by atoms with van der Waals surface area (Å²) in [6.07, 6.45) is 0. The molecule has 2 rings (SSSR count). The maximum atomic E-state index is 10.8. The fraction of sp³-hybridized carbons (Fsp3) is 0.0769. The SMILES string of the molecule is Nc1c(CSc2cc(Cl)ccc2Cl)cccc1[N+](=O)[O-]. The van der Waals surface area contributed by atoms with Crippen molar-refractivity contribution in [1.29, 1.82) is 0 Å². The molecular formula is C13H10Cl2N2O2S. The molecule has 0 aliphatic rings. The summed E-state index contributed by atoms with van der Waals surface area (Å²) in [5.41, 5.74) is 6.60. The summed E-state index contributed by atoms with van der Waals surface area (Å²) >= 11 is 13.4. The number of para-hydroxylation sites is 1. The Labute approximate surface area is 130 Å². The Morgan fingerprint density at radius 3 is 2.70 bits per heavy atom. The van der Waals surface area contributed by atoms with E-state index in [4.69, 9.17) is 28.9 Å². The second kappa shape index (κ2) is 6.35. The standard InChI is InChI=1S/C13H10Cl2N2O2S/c14-9-4-5-10(15)12(6-9)20-7-8-2-1-3-11(13(8)16)17(18)19/h1-6H,7,16H2. The van der Waals surface area contributed by atoms with E-state index in [0.717, 1.165) is 4.90 Å². The van der Waals surface area contributed by atoms with Gasteiger partial charge in [-0.3, -0.25) is 10.1 Å². The van der Waals surface area contributed by atoms with Crippen LogP contribution in [0.2, 0.25) is 10.0 Å². The van der Waals surface area contributed by atoms with Gasteiger partial charge in [0.2, 0.25) is 0 Å². The average Bonchev–Trinajstić information content (AvgIpc) is 2.41. The summed E-state index contributed by atoms with van der Waals surface area (Å²) in [6, 6.07) is 9.93. The molecule has 0 aromatic heterocycles. The van der Waals surface area contributed by atoms with Gasteiger partial charge in [-0.05, 0) is 23.8 Å². The minimum atomic E-state index is -0.490. The maximum absolute atomic E-state index is 10.8. The zero-order chi connectivity index (χ0) is 14.7. The third kappa shape index (κ3) is 3.36. The Morgan fingerprint density at radius 1 is 1.25 bits per heavy atom. The molecule has 0 radical (unpaired) electrons. The second-order valence-corrected chi connectivity index (χ2v) is 5.83. The van der Waals surface area contributed by atoms with Crippen LogP contribution in [0.15, 0.2) is 41.3 Å². The number of benzene rings is 2. The number of nitro groups is 1. The van der Waals surface area contributed by atoms with E-state index in [1.54, 1.807) is 30.3 Å². The minimum Gasteiger partial charge on any atom is -0.393 e. The average molecular weight is 329 g/mol. The largest absolute Gasteiger partial charge is 0.393 e. The molecule has 0 fully saturated rings. The molecule has 20 heavy (non-hydrogen) atoms. The number of halogens is 2. The molecule has 0 bridgehead atoms. The second-order valence-electron chi connectivity index (χ2n) is 3.97. The van der Waals surface area contributed by atoms with Crippen LogP contribution in [0.5, 0.6) is 0 Å². The van der Waals surface area contributed by atoms with Gasteiger partial charge in [-0.25, -0.2) is 0 Å². The van der Waals surface area contributed by atoms with Crippen LogP contribution >= 0.6 is 35.0 Å². The highest BCUT2D eigenvalue weighted by molar-refractivity contribution is 7.98. The monoisotopic (exact) mass is 328 g/mol. The van der Waals surface area contributed by atoms with E-state index >= 15 is 0 Å².